The molecule has 1 aliphatic rings. The summed E-state index contributed by atoms with van der Waals surface area (Å²) in [6, 6.07) is 31.6. The van der Waals surface area contributed by atoms with Gasteiger partial charge in [0.1, 0.15) is 12.2 Å². The van der Waals surface area contributed by atoms with Gasteiger partial charge in [0.2, 0.25) is 5.91 Å². The highest BCUT2D eigenvalue weighted by Gasteiger charge is 2.40. The molecular weight excluding hydrogens is 674 g/mol. The van der Waals surface area contributed by atoms with Gasteiger partial charge in [-0.15, -0.1) is 0 Å². The van der Waals surface area contributed by atoms with E-state index in [9.17, 15) is 9.59 Å². The molecule has 5 rings (SSSR count). The molecule has 2 N–H and O–H groups in total. The van der Waals surface area contributed by atoms with E-state index in [0.717, 1.165) is 37.9 Å². The van der Waals surface area contributed by atoms with Crippen molar-refractivity contribution in [2.24, 2.45) is 5.41 Å². The van der Waals surface area contributed by atoms with Crippen molar-refractivity contribution >= 4 is 29.1 Å². The van der Waals surface area contributed by atoms with Crippen LogP contribution in [0.5, 0.6) is 11.5 Å². The molecule has 0 radical (unpaired) electrons. The number of carbonyl (C=O) groups excluding carboxylic acids is 2. The second-order valence-electron chi connectivity index (χ2n) is 14.4. The molecule has 4 aromatic rings. The number of benzene rings is 4. The number of aryl methyl sites for hydroxylation is 1. The van der Waals surface area contributed by atoms with E-state index in [1.807, 2.05) is 66.7 Å². The van der Waals surface area contributed by atoms with Gasteiger partial charge in [-0.25, -0.2) is 0 Å². The van der Waals surface area contributed by atoms with E-state index in [1.165, 1.54) is 5.56 Å². The Bertz CT molecular complexity index is 1750. The molecule has 0 bridgehead atoms. The predicted molar refractivity (Wildman–Crippen MR) is 208 cm³/mol. The Hall–Kier alpha value is -4.37. The molecule has 2 amide bonds. The molecule has 8 nitrogen and oxygen atoms in total. The van der Waals surface area contributed by atoms with Crippen LogP contribution in [0.3, 0.4) is 0 Å². The standard InChI is InChI=1S/C43H52ClN3O5/c1-43(2,3)30-47-36-22-21-33(44)28-35(36)40(52-38(42(47)49)29-39(48)46-26-23-32-16-9-6-10-17-32)34-19-11-20-37(41(34)50-4)51-27-13-25-45-24-12-18-31-14-7-5-8-15-31/h5-11,14-17,19-22,28,38,40,45H,12-13,18,23-27,29-30H2,1-4H3,(H,46,48). The molecule has 0 fully saturated rings. The van der Waals surface area contributed by atoms with Crippen LogP contribution in [0, 0.1) is 5.41 Å². The fourth-order valence-corrected chi connectivity index (χ4v) is 6.63. The minimum absolute atomic E-state index is 0.136. The molecule has 4 aromatic carbocycles. The summed E-state index contributed by atoms with van der Waals surface area (Å²) in [5.74, 6) is 0.554. The second kappa shape index (κ2) is 18.9. The Balaban J connectivity index is 1.32. The van der Waals surface area contributed by atoms with Crippen LogP contribution in [-0.2, 0) is 27.2 Å². The Morgan fingerprint density at radius 1 is 0.846 bits per heavy atom. The van der Waals surface area contributed by atoms with Crippen molar-refractivity contribution in [3.05, 3.63) is 124 Å². The maximum Gasteiger partial charge on any atom is 0.256 e. The summed E-state index contributed by atoms with van der Waals surface area (Å²) in [7, 11) is 1.60. The predicted octanol–water partition coefficient (Wildman–Crippen LogP) is 7.96. The van der Waals surface area contributed by atoms with Crippen LogP contribution in [0.15, 0.2) is 97.1 Å². The Kier molecular flexibility index (Phi) is 14.1. The lowest BCUT2D eigenvalue weighted by atomic mass is 9.94. The van der Waals surface area contributed by atoms with Crippen molar-refractivity contribution in [2.75, 3.05) is 44.8 Å². The third-order valence-electron chi connectivity index (χ3n) is 8.90. The smallest absolute Gasteiger partial charge is 0.256 e. The van der Waals surface area contributed by atoms with Crippen molar-refractivity contribution in [3.8, 4) is 11.5 Å². The van der Waals surface area contributed by atoms with Crippen molar-refractivity contribution in [2.45, 2.75) is 65.1 Å². The fourth-order valence-electron chi connectivity index (χ4n) is 6.45. The molecule has 1 heterocycles. The SMILES string of the molecule is COc1c(OCCCNCCCc2ccccc2)cccc1C1OC(CC(=O)NCCc2ccccc2)C(=O)N(CC(C)(C)C)c2ccc(Cl)cc21. The van der Waals surface area contributed by atoms with E-state index >= 15 is 0 Å². The van der Waals surface area contributed by atoms with Crippen LogP contribution in [0.1, 0.15) is 68.4 Å². The van der Waals surface area contributed by atoms with Crippen molar-refractivity contribution in [1.29, 1.82) is 0 Å². The lowest BCUT2D eigenvalue weighted by Crippen LogP contribution is -2.45. The van der Waals surface area contributed by atoms with Gasteiger partial charge in [-0.2, -0.15) is 0 Å². The molecule has 0 aliphatic carbocycles. The normalized spacial score (nSPS) is 15.9. The molecule has 0 spiro atoms. The first-order valence-electron chi connectivity index (χ1n) is 18.2. The average molecular weight is 726 g/mol. The number of fused-ring (bicyclic) bond motifs is 1. The van der Waals surface area contributed by atoms with E-state index in [-0.39, 0.29) is 23.7 Å². The summed E-state index contributed by atoms with van der Waals surface area (Å²) < 4.78 is 19.0. The van der Waals surface area contributed by atoms with E-state index in [1.54, 1.807) is 18.1 Å². The zero-order valence-corrected chi connectivity index (χ0v) is 31.6. The van der Waals surface area contributed by atoms with Crippen molar-refractivity contribution < 1.29 is 23.8 Å². The molecule has 52 heavy (non-hydrogen) atoms. The van der Waals surface area contributed by atoms with Crippen LogP contribution < -0.4 is 25.0 Å². The number of hydrogen-bond acceptors (Lipinski definition) is 6. The topological polar surface area (TPSA) is 89.1 Å². The maximum atomic E-state index is 14.4. The first-order chi connectivity index (χ1) is 25.1. The van der Waals surface area contributed by atoms with Crippen molar-refractivity contribution in [1.82, 2.24) is 10.6 Å². The molecular formula is C43H52ClN3O5. The number of anilines is 1. The number of methoxy groups -OCH3 is 1. The Morgan fingerprint density at radius 3 is 2.23 bits per heavy atom. The molecule has 0 saturated carbocycles. The summed E-state index contributed by atoms with van der Waals surface area (Å²) >= 11 is 6.61. The zero-order valence-electron chi connectivity index (χ0n) is 30.8. The lowest BCUT2D eigenvalue weighted by molar-refractivity contribution is -0.138. The van der Waals surface area contributed by atoms with Gasteiger partial charge in [-0.1, -0.05) is 105 Å². The molecule has 2 unspecified atom stereocenters. The summed E-state index contributed by atoms with van der Waals surface area (Å²) in [6.07, 6.45) is 1.65. The minimum Gasteiger partial charge on any atom is -0.492 e. The van der Waals surface area contributed by atoms with Crippen LogP contribution >= 0.6 is 11.6 Å². The number of ether oxygens (including phenoxy) is 3. The van der Waals surface area contributed by atoms with Crippen LogP contribution in [-0.4, -0.2) is 57.8 Å². The zero-order chi connectivity index (χ0) is 36.9. The molecule has 0 saturated heterocycles. The van der Waals surface area contributed by atoms with Gasteiger partial charge < -0.3 is 29.7 Å². The van der Waals surface area contributed by atoms with Gasteiger partial charge in [-0.3, -0.25) is 9.59 Å². The molecule has 2 atom stereocenters. The highest BCUT2D eigenvalue weighted by molar-refractivity contribution is 6.30. The maximum absolute atomic E-state index is 14.4. The number of halogens is 1. The summed E-state index contributed by atoms with van der Waals surface area (Å²) in [5, 5.41) is 7.01. The van der Waals surface area contributed by atoms with Crippen LogP contribution in [0.2, 0.25) is 5.02 Å². The minimum atomic E-state index is -1.06. The molecule has 9 heteroatoms. The number of para-hydroxylation sites is 1. The third kappa shape index (κ3) is 11.1. The number of nitrogens with one attached hydrogen (secondary N) is 2. The summed E-state index contributed by atoms with van der Waals surface area (Å²) in [5.41, 5.74) is 4.32. The largest absolute Gasteiger partial charge is 0.492 e. The van der Waals surface area contributed by atoms with Gasteiger partial charge >= 0.3 is 0 Å². The highest BCUT2D eigenvalue weighted by Crippen LogP contribution is 2.45. The fraction of sp³-hybridized carbons (Fsp3) is 0.395. The van der Waals surface area contributed by atoms with E-state index in [2.05, 4.69) is 55.7 Å². The van der Waals surface area contributed by atoms with E-state index in [4.69, 9.17) is 25.8 Å². The number of rotatable bonds is 17. The van der Waals surface area contributed by atoms with Gasteiger partial charge in [0.05, 0.1) is 20.1 Å². The molecule has 0 aromatic heterocycles. The number of carbonyl (C=O) groups is 2. The van der Waals surface area contributed by atoms with E-state index in [0.29, 0.717) is 59.5 Å². The monoisotopic (exact) mass is 725 g/mol. The van der Waals surface area contributed by atoms with Gasteiger partial charge in [0.15, 0.2) is 11.5 Å². The average Bonchev–Trinajstić information content (AvgIpc) is 3.23. The highest BCUT2D eigenvalue weighted by atomic mass is 35.5. The van der Waals surface area contributed by atoms with E-state index < -0.39 is 12.2 Å². The van der Waals surface area contributed by atoms with Gasteiger partial charge in [0.25, 0.3) is 5.91 Å². The van der Waals surface area contributed by atoms with Crippen LogP contribution in [0.4, 0.5) is 5.69 Å². The molecule has 276 valence electrons. The second-order valence-corrected chi connectivity index (χ2v) is 14.8. The Labute approximate surface area is 313 Å². The first-order valence-corrected chi connectivity index (χ1v) is 18.6. The number of nitrogens with zero attached hydrogens (tertiary/aromatic N) is 1. The third-order valence-corrected chi connectivity index (χ3v) is 9.13. The molecule has 1 aliphatic heterocycles. The first kappa shape index (κ1) is 38.9. The quantitative estimate of drug-likeness (QED) is 0.108. The summed E-state index contributed by atoms with van der Waals surface area (Å²) in [4.78, 5) is 29.5. The Morgan fingerprint density at radius 2 is 1.54 bits per heavy atom. The number of hydrogen-bond donors (Lipinski definition) is 2. The number of amides is 2. The van der Waals surface area contributed by atoms with Crippen molar-refractivity contribution in [3.63, 3.8) is 0 Å². The van der Waals surface area contributed by atoms with Crippen LogP contribution in [0.25, 0.3) is 0 Å². The van der Waals surface area contributed by atoms with Gasteiger partial charge in [0, 0.05) is 34.9 Å². The van der Waals surface area contributed by atoms with Gasteiger partial charge in [-0.05, 0) is 79.6 Å². The summed E-state index contributed by atoms with van der Waals surface area (Å²) in [6.45, 7) is 9.36. The lowest BCUT2D eigenvalue weighted by Gasteiger charge is -2.31.